The molecule has 1 amide bonds. The lowest BCUT2D eigenvalue weighted by atomic mass is 9.87. The van der Waals surface area contributed by atoms with Gasteiger partial charge >= 0.3 is 6.09 Å². The van der Waals surface area contributed by atoms with Crippen molar-refractivity contribution < 1.29 is 34.8 Å². The van der Waals surface area contributed by atoms with Crippen molar-refractivity contribution in [1.29, 1.82) is 0 Å². The maximum atomic E-state index is 14.3. The van der Waals surface area contributed by atoms with Gasteiger partial charge in [0.05, 0.1) is 19.7 Å². The Morgan fingerprint density at radius 2 is 1.66 bits per heavy atom. The summed E-state index contributed by atoms with van der Waals surface area (Å²) in [7, 11) is 3.23. The van der Waals surface area contributed by atoms with Crippen molar-refractivity contribution in [3.8, 4) is 5.75 Å². The van der Waals surface area contributed by atoms with E-state index in [0.717, 1.165) is 27.8 Å². The lowest BCUT2D eigenvalue weighted by Crippen LogP contribution is -2.60. The highest BCUT2D eigenvalue weighted by atomic mass is 16.6. The standard InChI is InChI=1S/C31H39N3O5.2H2O/c1-20(2)26-27(38-8)32-31(6,28(35)34(26)18-21-13-15-23(37-7)16-14-21)17-22-19-33(29(36)39-30(3,4)5)25-12-10-9-11-24(22)25;;/h9-16,19-20,26H,17-18H2,1-8H3;2*1H2/t26-,31-;;/m0../s1. The molecule has 1 aliphatic rings. The van der Waals surface area contributed by atoms with Crippen LogP contribution in [0.25, 0.3) is 10.9 Å². The molecule has 0 bridgehead atoms. The van der Waals surface area contributed by atoms with E-state index >= 15 is 0 Å². The largest absolute Gasteiger partial charge is 0.497 e. The Morgan fingerprint density at radius 1 is 1.02 bits per heavy atom. The van der Waals surface area contributed by atoms with Crippen molar-refractivity contribution in [2.24, 2.45) is 10.9 Å². The minimum atomic E-state index is -1.13. The van der Waals surface area contributed by atoms with Crippen LogP contribution in [0.5, 0.6) is 5.75 Å². The average Bonchev–Trinajstić information content (AvgIpc) is 3.24. The van der Waals surface area contributed by atoms with Crippen LogP contribution in [0, 0.1) is 5.92 Å². The van der Waals surface area contributed by atoms with Crippen LogP contribution in [-0.2, 0) is 27.2 Å². The third-order valence-electron chi connectivity index (χ3n) is 6.94. The van der Waals surface area contributed by atoms with Crippen LogP contribution >= 0.6 is 0 Å². The molecular weight excluding hydrogens is 526 g/mol. The summed E-state index contributed by atoms with van der Waals surface area (Å²) in [5, 5.41) is 0.874. The molecule has 0 saturated carbocycles. The molecule has 41 heavy (non-hydrogen) atoms. The van der Waals surface area contributed by atoms with Crippen molar-refractivity contribution >= 4 is 28.8 Å². The van der Waals surface area contributed by atoms with Gasteiger partial charge in [-0.05, 0) is 62.9 Å². The third kappa shape index (κ3) is 6.89. The molecule has 0 fully saturated rings. The van der Waals surface area contributed by atoms with Crippen LogP contribution in [0.2, 0.25) is 0 Å². The highest BCUT2D eigenvalue weighted by Crippen LogP contribution is 2.34. The molecule has 2 aromatic carbocycles. The number of carbonyl (C=O) groups is 2. The molecule has 10 nitrogen and oxygen atoms in total. The molecule has 0 spiro atoms. The number of methoxy groups -OCH3 is 2. The van der Waals surface area contributed by atoms with E-state index in [9.17, 15) is 9.59 Å². The van der Waals surface area contributed by atoms with E-state index in [4.69, 9.17) is 19.2 Å². The van der Waals surface area contributed by atoms with Gasteiger partial charge in [-0.15, -0.1) is 0 Å². The lowest BCUT2D eigenvalue weighted by Gasteiger charge is -2.43. The zero-order valence-electron chi connectivity index (χ0n) is 25.1. The van der Waals surface area contributed by atoms with Gasteiger partial charge in [0.2, 0.25) is 5.90 Å². The van der Waals surface area contributed by atoms with Crippen LogP contribution in [-0.4, -0.2) is 69.7 Å². The number of ether oxygens (including phenoxy) is 3. The Hall–Kier alpha value is -3.89. The fourth-order valence-corrected chi connectivity index (χ4v) is 5.17. The van der Waals surface area contributed by atoms with Crippen molar-refractivity contribution in [2.45, 2.75) is 71.7 Å². The first-order chi connectivity index (χ1) is 18.4. The summed E-state index contributed by atoms with van der Waals surface area (Å²) in [6, 6.07) is 15.0. The average molecular weight is 570 g/mol. The molecule has 224 valence electrons. The summed E-state index contributed by atoms with van der Waals surface area (Å²) < 4.78 is 18.3. The minimum absolute atomic E-state index is 0. The molecule has 0 saturated heterocycles. The first kappa shape index (κ1) is 33.3. The normalized spacial score (nSPS) is 18.9. The predicted octanol–water partition coefficient (Wildman–Crippen LogP) is 4.20. The molecule has 2 atom stereocenters. The Morgan fingerprint density at radius 3 is 2.22 bits per heavy atom. The number of benzene rings is 2. The number of nitrogens with zero attached hydrogens (tertiary/aromatic N) is 3. The predicted molar refractivity (Wildman–Crippen MR) is 160 cm³/mol. The van der Waals surface area contributed by atoms with Crippen LogP contribution in [0.15, 0.2) is 59.7 Å². The van der Waals surface area contributed by atoms with Crippen LogP contribution < -0.4 is 4.74 Å². The number of hydrogen-bond donors (Lipinski definition) is 0. The van der Waals surface area contributed by atoms with E-state index in [1.54, 1.807) is 20.4 Å². The molecule has 0 aliphatic carbocycles. The van der Waals surface area contributed by atoms with E-state index in [1.807, 2.05) is 81.1 Å². The van der Waals surface area contributed by atoms with Gasteiger partial charge in [-0.25, -0.2) is 9.79 Å². The van der Waals surface area contributed by atoms with Gasteiger partial charge in [0, 0.05) is 24.5 Å². The second-order valence-corrected chi connectivity index (χ2v) is 11.6. The van der Waals surface area contributed by atoms with Crippen molar-refractivity contribution in [3.05, 3.63) is 65.9 Å². The van der Waals surface area contributed by atoms with Gasteiger partial charge < -0.3 is 30.1 Å². The molecule has 2 heterocycles. The van der Waals surface area contributed by atoms with E-state index in [2.05, 4.69) is 13.8 Å². The number of hydrogen-bond acceptors (Lipinski definition) is 6. The van der Waals surface area contributed by atoms with Crippen LogP contribution in [0.3, 0.4) is 0 Å². The third-order valence-corrected chi connectivity index (χ3v) is 6.94. The van der Waals surface area contributed by atoms with Gasteiger partial charge in [-0.3, -0.25) is 9.36 Å². The number of aromatic nitrogens is 1. The molecule has 0 unspecified atom stereocenters. The summed E-state index contributed by atoms with van der Waals surface area (Å²) in [5.41, 5.74) is 0.764. The van der Waals surface area contributed by atoms with Crippen molar-refractivity contribution in [1.82, 2.24) is 9.47 Å². The highest BCUT2D eigenvalue weighted by Gasteiger charge is 2.47. The maximum absolute atomic E-state index is 14.3. The Bertz CT molecular complexity index is 1390. The summed E-state index contributed by atoms with van der Waals surface area (Å²) >= 11 is 0. The summed E-state index contributed by atoms with van der Waals surface area (Å²) in [6.45, 7) is 11.9. The summed E-state index contributed by atoms with van der Waals surface area (Å²) in [6.07, 6.45) is 1.59. The van der Waals surface area contributed by atoms with Gasteiger partial charge in [0.25, 0.3) is 5.91 Å². The molecule has 4 N–H and O–H groups in total. The number of rotatable bonds is 6. The summed E-state index contributed by atoms with van der Waals surface area (Å²) in [5.74, 6) is 1.28. The minimum Gasteiger partial charge on any atom is -0.497 e. The van der Waals surface area contributed by atoms with E-state index < -0.39 is 17.2 Å². The number of amides is 1. The Balaban J connectivity index is 0.00000294. The van der Waals surface area contributed by atoms with Gasteiger partial charge in [-0.2, -0.15) is 0 Å². The molecule has 10 heteroatoms. The van der Waals surface area contributed by atoms with Crippen molar-refractivity contribution in [3.63, 3.8) is 0 Å². The Labute approximate surface area is 241 Å². The smallest absolute Gasteiger partial charge is 0.419 e. The Kier molecular flexibility index (Phi) is 10.4. The summed E-state index contributed by atoms with van der Waals surface area (Å²) in [4.78, 5) is 34.1. The topological polar surface area (TPSA) is 145 Å². The number of carbonyl (C=O) groups excluding carboxylic acids is 2. The number of aliphatic imine (C=N–C) groups is 1. The van der Waals surface area contributed by atoms with Gasteiger partial charge in [-0.1, -0.05) is 44.2 Å². The number of fused-ring (bicyclic) bond motifs is 1. The monoisotopic (exact) mass is 569 g/mol. The molecular formula is C31H43N3O7. The lowest BCUT2D eigenvalue weighted by molar-refractivity contribution is -0.140. The highest BCUT2D eigenvalue weighted by molar-refractivity contribution is 5.99. The van der Waals surface area contributed by atoms with E-state index in [-0.39, 0.29) is 28.8 Å². The van der Waals surface area contributed by atoms with Crippen LogP contribution in [0.4, 0.5) is 4.79 Å². The fraction of sp³-hybridized carbons (Fsp3) is 0.452. The van der Waals surface area contributed by atoms with E-state index in [0.29, 0.717) is 18.9 Å². The zero-order chi connectivity index (χ0) is 28.5. The number of para-hydroxylation sites is 1. The maximum Gasteiger partial charge on any atom is 0.419 e. The van der Waals surface area contributed by atoms with Crippen LogP contribution in [0.1, 0.15) is 52.7 Å². The second kappa shape index (κ2) is 12.7. The van der Waals surface area contributed by atoms with Gasteiger partial charge in [0.15, 0.2) is 0 Å². The zero-order valence-corrected chi connectivity index (χ0v) is 25.1. The molecule has 1 aromatic heterocycles. The fourth-order valence-electron chi connectivity index (χ4n) is 5.17. The SMILES string of the molecule is COC1=N[C@@](C)(Cc2cn(C(=O)OC(C)(C)C)c3ccccc23)C(=O)N(Cc2ccc(OC)cc2)[C@H]1C(C)C.O.O. The first-order valence-electron chi connectivity index (χ1n) is 13.3. The molecule has 4 rings (SSSR count). The first-order valence-corrected chi connectivity index (χ1v) is 13.3. The molecule has 0 radical (unpaired) electrons. The second-order valence-electron chi connectivity index (χ2n) is 11.6. The molecule has 1 aliphatic heterocycles. The van der Waals surface area contributed by atoms with E-state index in [1.165, 1.54) is 4.57 Å². The molecule has 3 aromatic rings. The van der Waals surface area contributed by atoms with Crippen molar-refractivity contribution in [2.75, 3.05) is 14.2 Å². The van der Waals surface area contributed by atoms with Gasteiger partial charge in [0.1, 0.15) is 22.9 Å². The quantitative estimate of drug-likeness (QED) is 0.437.